The van der Waals surface area contributed by atoms with Crippen LogP contribution in [-0.2, 0) is 9.53 Å². The van der Waals surface area contributed by atoms with Crippen LogP contribution in [0.1, 0.15) is 24.2 Å². The summed E-state index contributed by atoms with van der Waals surface area (Å²) < 4.78 is 9.94. The molecule has 1 aromatic rings. The molecule has 19 heavy (non-hydrogen) atoms. The first kappa shape index (κ1) is 14.8. The predicted octanol–water partition coefficient (Wildman–Crippen LogP) is 0.959. The molecule has 1 rings (SSSR count). The van der Waals surface area contributed by atoms with Gasteiger partial charge in [-0.15, -0.1) is 0 Å². The zero-order valence-electron chi connectivity index (χ0n) is 11.2. The minimum atomic E-state index is -0.650. The number of hydrogen-bond acceptors (Lipinski definition) is 5. The Hall–Kier alpha value is -2.24. The molecule has 104 valence electrons. The van der Waals surface area contributed by atoms with Crippen LogP contribution >= 0.6 is 0 Å². The molecule has 0 radical (unpaired) electrons. The van der Waals surface area contributed by atoms with Gasteiger partial charge in [0, 0.05) is 6.04 Å². The van der Waals surface area contributed by atoms with Gasteiger partial charge in [0.1, 0.15) is 5.56 Å². The van der Waals surface area contributed by atoms with E-state index < -0.39 is 5.97 Å². The number of benzene rings is 1. The maximum Gasteiger partial charge on any atom is 0.342 e. The van der Waals surface area contributed by atoms with Gasteiger partial charge in [0.25, 0.3) is 5.91 Å². The second-order valence-electron chi connectivity index (χ2n) is 4.23. The molecule has 0 aromatic heterocycles. The van der Waals surface area contributed by atoms with Crippen molar-refractivity contribution in [1.82, 2.24) is 5.32 Å². The van der Waals surface area contributed by atoms with E-state index in [1.807, 2.05) is 13.8 Å². The molecule has 6 heteroatoms. The first-order chi connectivity index (χ1) is 8.95. The van der Waals surface area contributed by atoms with Crippen molar-refractivity contribution in [2.45, 2.75) is 19.9 Å². The van der Waals surface area contributed by atoms with E-state index in [1.165, 1.54) is 13.2 Å². The SMILES string of the molecule is COc1c(N)cccc1C(=O)OCC(=O)NC(C)C. The molecule has 0 saturated carbocycles. The quantitative estimate of drug-likeness (QED) is 0.612. The number of nitrogens with two attached hydrogens (primary N) is 1. The number of nitrogen functional groups attached to an aromatic ring is 1. The summed E-state index contributed by atoms with van der Waals surface area (Å²) in [7, 11) is 1.41. The second kappa shape index (κ2) is 6.63. The fraction of sp³-hybridized carbons (Fsp3) is 0.385. The van der Waals surface area contributed by atoms with Gasteiger partial charge in [-0.05, 0) is 26.0 Å². The predicted molar refractivity (Wildman–Crippen MR) is 71.0 cm³/mol. The Morgan fingerprint density at radius 2 is 2.05 bits per heavy atom. The molecule has 0 fully saturated rings. The number of ether oxygens (including phenoxy) is 2. The van der Waals surface area contributed by atoms with Gasteiger partial charge in [-0.2, -0.15) is 0 Å². The molecule has 1 amide bonds. The number of rotatable bonds is 5. The Morgan fingerprint density at radius 1 is 1.37 bits per heavy atom. The first-order valence-electron chi connectivity index (χ1n) is 5.84. The highest BCUT2D eigenvalue weighted by atomic mass is 16.5. The van der Waals surface area contributed by atoms with Crippen LogP contribution in [0.5, 0.6) is 5.75 Å². The summed E-state index contributed by atoms with van der Waals surface area (Å²) in [6.45, 7) is 3.30. The van der Waals surface area contributed by atoms with Crippen LogP contribution in [-0.4, -0.2) is 31.6 Å². The van der Waals surface area contributed by atoms with Crippen molar-refractivity contribution in [2.24, 2.45) is 0 Å². The number of carbonyl (C=O) groups is 2. The van der Waals surface area contributed by atoms with Crippen molar-refractivity contribution in [1.29, 1.82) is 0 Å². The second-order valence-corrected chi connectivity index (χ2v) is 4.23. The molecule has 0 spiro atoms. The average Bonchev–Trinajstić information content (AvgIpc) is 2.34. The van der Waals surface area contributed by atoms with Crippen LogP contribution in [0.15, 0.2) is 18.2 Å². The van der Waals surface area contributed by atoms with E-state index in [2.05, 4.69) is 5.32 Å². The minimum absolute atomic E-state index is 0.00638. The van der Waals surface area contributed by atoms with Crippen molar-refractivity contribution in [2.75, 3.05) is 19.5 Å². The van der Waals surface area contributed by atoms with Gasteiger partial charge < -0.3 is 20.5 Å². The Morgan fingerprint density at radius 3 is 2.63 bits per heavy atom. The van der Waals surface area contributed by atoms with Gasteiger partial charge in [-0.25, -0.2) is 4.79 Å². The molecule has 0 heterocycles. The third kappa shape index (κ3) is 4.17. The molecule has 0 atom stereocenters. The van der Waals surface area contributed by atoms with Crippen LogP contribution in [0, 0.1) is 0 Å². The molecule has 0 unspecified atom stereocenters. The van der Waals surface area contributed by atoms with Gasteiger partial charge in [0.05, 0.1) is 12.8 Å². The van der Waals surface area contributed by atoms with Gasteiger partial charge in [0.2, 0.25) is 0 Å². The number of hydrogen-bond donors (Lipinski definition) is 2. The lowest BCUT2D eigenvalue weighted by atomic mass is 10.2. The smallest absolute Gasteiger partial charge is 0.342 e. The first-order valence-corrected chi connectivity index (χ1v) is 5.84. The van der Waals surface area contributed by atoms with Crippen LogP contribution < -0.4 is 15.8 Å². The van der Waals surface area contributed by atoms with Gasteiger partial charge in [0.15, 0.2) is 12.4 Å². The van der Waals surface area contributed by atoms with E-state index >= 15 is 0 Å². The number of nitrogens with one attached hydrogen (secondary N) is 1. The normalized spacial score (nSPS) is 10.1. The van der Waals surface area contributed by atoms with E-state index in [4.69, 9.17) is 15.2 Å². The lowest BCUT2D eigenvalue weighted by molar-refractivity contribution is -0.124. The molecule has 1 aromatic carbocycles. The van der Waals surface area contributed by atoms with E-state index in [1.54, 1.807) is 12.1 Å². The topological polar surface area (TPSA) is 90.7 Å². The minimum Gasteiger partial charge on any atom is -0.494 e. The van der Waals surface area contributed by atoms with Gasteiger partial charge >= 0.3 is 5.97 Å². The fourth-order valence-corrected chi connectivity index (χ4v) is 1.52. The summed E-state index contributed by atoms with van der Waals surface area (Å²) in [6.07, 6.45) is 0. The highest BCUT2D eigenvalue weighted by Crippen LogP contribution is 2.26. The Labute approximate surface area is 111 Å². The molecule has 0 aliphatic rings. The van der Waals surface area contributed by atoms with Crippen molar-refractivity contribution >= 4 is 17.6 Å². The van der Waals surface area contributed by atoms with Crippen LogP contribution in [0.2, 0.25) is 0 Å². The third-order valence-electron chi connectivity index (χ3n) is 2.25. The van der Waals surface area contributed by atoms with Crippen molar-refractivity contribution in [3.63, 3.8) is 0 Å². The standard InChI is InChI=1S/C13H18N2O4/c1-8(2)15-11(16)7-19-13(17)9-5-4-6-10(14)12(9)18-3/h4-6,8H,7,14H2,1-3H3,(H,15,16). The summed E-state index contributed by atoms with van der Waals surface area (Å²) in [5, 5.41) is 2.62. The monoisotopic (exact) mass is 266 g/mol. The number of para-hydroxylation sites is 1. The van der Waals surface area contributed by atoms with E-state index in [9.17, 15) is 9.59 Å². The number of methoxy groups -OCH3 is 1. The van der Waals surface area contributed by atoms with Crippen molar-refractivity contribution in [3.05, 3.63) is 23.8 Å². The number of carbonyl (C=O) groups excluding carboxylic acids is 2. The number of amides is 1. The molecule has 0 aliphatic heterocycles. The van der Waals surface area contributed by atoms with Crippen molar-refractivity contribution < 1.29 is 19.1 Å². The molecular formula is C13H18N2O4. The maximum atomic E-state index is 11.8. The number of esters is 1. The van der Waals surface area contributed by atoms with Crippen molar-refractivity contribution in [3.8, 4) is 5.75 Å². The Bertz CT molecular complexity index is 472. The maximum absolute atomic E-state index is 11.8. The Balaban J connectivity index is 2.69. The van der Waals surface area contributed by atoms with Crippen LogP contribution in [0.25, 0.3) is 0 Å². The summed E-state index contributed by atoms with van der Waals surface area (Å²) in [4.78, 5) is 23.2. The van der Waals surface area contributed by atoms with Crippen LogP contribution in [0.4, 0.5) is 5.69 Å². The fourth-order valence-electron chi connectivity index (χ4n) is 1.52. The molecule has 0 saturated heterocycles. The summed E-state index contributed by atoms with van der Waals surface area (Å²) in [6, 6.07) is 4.75. The molecular weight excluding hydrogens is 248 g/mol. The summed E-state index contributed by atoms with van der Waals surface area (Å²) in [5.74, 6) is -0.758. The van der Waals surface area contributed by atoms with E-state index in [0.717, 1.165) is 0 Å². The summed E-state index contributed by atoms with van der Waals surface area (Å²) >= 11 is 0. The third-order valence-corrected chi connectivity index (χ3v) is 2.25. The molecule has 3 N–H and O–H groups in total. The van der Waals surface area contributed by atoms with E-state index in [0.29, 0.717) is 5.69 Å². The lowest BCUT2D eigenvalue weighted by Crippen LogP contribution is -2.34. The highest BCUT2D eigenvalue weighted by molar-refractivity contribution is 5.95. The van der Waals surface area contributed by atoms with E-state index in [-0.39, 0.29) is 29.9 Å². The van der Waals surface area contributed by atoms with Gasteiger partial charge in [-0.1, -0.05) is 6.07 Å². The number of anilines is 1. The molecule has 6 nitrogen and oxygen atoms in total. The average molecular weight is 266 g/mol. The van der Waals surface area contributed by atoms with Gasteiger partial charge in [-0.3, -0.25) is 4.79 Å². The zero-order valence-corrected chi connectivity index (χ0v) is 11.2. The molecule has 0 bridgehead atoms. The van der Waals surface area contributed by atoms with Crippen LogP contribution in [0.3, 0.4) is 0 Å². The summed E-state index contributed by atoms with van der Waals surface area (Å²) in [5.41, 5.74) is 6.21. The largest absolute Gasteiger partial charge is 0.494 e. The highest BCUT2D eigenvalue weighted by Gasteiger charge is 2.17. The molecule has 0 aliphatic carbocycles. The lowest BCUT2D eigenvalue weighted by Gasteiger charge is -2.11. The zero-order chi connectivity index (χ0) is 14.4. The Kier molecular flexibility index (Phi) is 5.17.